The number of ether oxygens (including phenoxy) is 1. The highest BCUT2D eigenvalue weighted by atomic mass is 16.5. The molecule has 13 heavy (non-hydrogen) atoms. The third-order valence-corrected chi connectivity index (χ3v) is 1.90. The molecule has 0 radical (unpaired) electrons. The lowest BCUT2D eigenvalue weighted by Crippen LogP contribution is -2.17. The van der Waals surface area contributed by atoms with Gasteiger partial charge in [0, 0.05) is 13.6 Å². The average molecular weight is 177 g/mol. The molecule has 70 valence electrons. The first kappa shape index (κ1) is 9.65. The Morgan fingerprint density at radius 1 is 1.46 bits per heavy atom. The summed E-state index contributed by atoms with van der Waals surface area (Å²) in [5, 5.41) is 0. The summed E-state index contributed by atoms with van der Waals surface area (Å²) in [6, 6.07) is 7.94. The smallest absolute Gasteiger partial charge is 0.142 e. The molecule has 0 atom stereocenters. The fraction of sp³-hybridized carbons (Fsp3) is 0.273. The first-order valence-electron chi connectivity index (χ1n) is 4.24. The van der Waals surface area contributed by atoms with Crippen LogP contribution in [0.1, 0.15) is 0 Å². The van der Waals surface area contributed by atoms with Crippen LogP contribution in [-0.2, 0) is 0 Å². The first-order chi connectivity index (χ1) is 6.29. The quantitative estimate of drug-likeness (QED) is 0.654. The van der Waals surface area contributed by atoms with Crippen LogP contribution in [0.4, 0.5) is 5.69 Å². The Balaban J connectivity index is 2.91. The summed E-state index contributed by atoms with van der Waals surface area (Å²) in [4.78, 5) is 2.09. The lowest BCUT2D eigenvalue weighted by atomic mass is 10.2. The van der Waals surface area contributed by atoms with Crippen molar-refractivity contribution in [3.05, 3.63) is 36.9 Å². The van der Waals surface area contributed by atoms with Gasteiger partial charge in [0.2, 0.25) is 0 Å². The fourth-order valence-corrected chi connectivity index (χ4v) is 1.24. The highest BCUT2D eigenvalue weighted by molar-refractivity contribution is 5.58. The van der Waals surface area contributed by atoms with Gasteiger partial charge >= 0.3 is 0 Å². The predicted octanol–water partition coefficient (Wildman–Crippen LogP) is 2.32. The molecule has 0 heterocycles. The van der Waals surface area contributed by atoms with Gasteiger partial charge in [-0.25, -0.2) is 0 Å². The van der Waals surface area contributed by atoms with E-state index in [9.17, 15) is 0 Å². The van der Waals surface area contributed by atoms with Crippen molar-refractivity contribution in [3.8, 4) is 5.75 Å². The van der Waals surface area contributed by atoms with E-state index in [1.54, 1.807) is 7.11 Å². The van der Waals surface area contributed by atoms with Crippen molar-refractivity contribution in [1.82, 2.24) is 0 Å². The Labute approximate surface area is 79.4 Å². The van der Waals surface area contributed by atoms with Crippen LogP contribution < -0.4 is 9.64 Å². The normalized spacial score (nSPS) is 9.38. The monoisotopic (exact) mass is 177 g/mol. The molecular weight excluding hydrogens is 162 g/mol. The Morgan fingerprint density at radius 2 is 2.15 bits per heavy atom. The molecule has 0 bridgehead atoms. The number of anilines is 1. The zero-order valence-corrected chi connectivity index (χ0v) is 8.16. The van der Waals surface area contributed by atoms with E-state index in [0.717, 1.165) is 18.0 Å². The number of nitrogens with zero attached hydrogens (tertiary/aromatic N) is 1. The van der Waals surface area contributed by atoms with Crippen LogP contribution in [-0.4, -0.2) is 20.7 Å². The van der Waals surface area contributed by atoms with Crippen LogP contribution in [0.2, 0.25) is 0 Å². The fourth-order valence-electron chi connectivity index (χ4n) is 1.24. The molecule has 0 saturated carbocycles. The maximum Gasteiger partial charge on any atom is 0.142 e. The number of para-hydroxylation sites is 2. The zero-order chi connectivity index (χ0) is 9.68. The third kappa shape index (κ3) is 2.25. The number of likely N-dealkylation sites (N-methyl/N-ethyl adjacent to an activating group) is 1. The second-order valence-electron chi connectivity index (χ2n) is 2.84. The highest BCUT2D eigenvalue weighted by Gasteiger charge is 2.04. The summed E-state index contributed by atoms with van der Waals surface area (Å²) in [5.41, 5.74) is 1.09. The van der Waals surface area contributed by atoms with E-state index in [-0.39, 0.29) is 0 Å². The standard InChI is InChI=1S/C11H15NO/c1-4-9-12(2)10-7-5-6-8-11(10)13-3/h4-8H,1,9H2,2-3H3. The summed E-state index contributed by atoms with van der Waals surface area (Å²) in [6.07, 6.45) is 1.87. The number of methoxy groups -OCH3 is 1. The van der Waals surface area contributed by atoms with Gasteiger partial charge in [0.05, 0.1) is 12.8 Å². The van der Waals surface area contributed by atoms with Gasteiger partial charge in [-0.1, -0.05) is 18.2 Å². The zero-order valence-electron chi connectivity index (χ0n) is 8.16. The number of rotatable bonds is 4. The van der Waals surface area contributed by atoms with Crippen molar-refractivity contribution < 1.29 is 4.74 Å². The molecule has 2 heteroatoms. The molecule has 0 N–H and O–H groups in total. The summed E-state index contributed by atoms with van der Waals surface area (Å²) < 4.78 is 5.24. The molecule has 0 amide bonds. The third-order valence-electron chi connectivity index (χ3n) is 1.90. The lowest BCUT2D eigenvalue weighted by Gasteiger charge is -2.19. The molecule has 0 aliphatic carbocycles. The first-order valence-corrected chi connectivity index (χ1v) is 4.24. The van der Waals surface area contributed by atoms with Crippen molar-refractivity contribution in [2.24, 2.45) is 0 Å². The minimum atomic E-state index is 0.820. The summed E-state index contributed by atoms with van der Waals surface area (Å²) in [6.45, 7) is 4.52. The van der Waals surface area contributed by atoms with E-state index in [4.69, 9.17) is 4.74 Å². The molecule has 0 unspecified atom stereocenters. The SMILES string of the molecule is C=CCN(C)c1ccccc1OC. The van der Waals surface area contributed by atoms with Crippen molar-refractivity contribution in [2.45, 2.75) is 0 Å². The van der Waals surface area contributed by atoms with Crippen LogP contribution >= 0.6 is 0 Å². The summed E-state index contributed by atoms with van der Waals surface area (Å²) in [5.74, 6) is 0.895. The largest absolute Gasteiger partial charge is 0.495 e. The molecule has 0 spiro atoms. The van der Waals surface area contributed by atoms with Crippen LogP contribution in [0.5, 0.6) is 5.75 Å². The van der Waals surface area contributed by atoms with Gasteiger partial charge in [-0.2, -0.15) is 0 Å². The van der Waals surface area contributed by atoms with Gasteiger partial charge in [0.25, 0.3) is 0 Å². The number of hydrogen-bond acceptors (Lipinski definition) is 2. The number of benzene rings is 1. The van der Waals surface area contributed by atoms with Crippen LogP contribution in [0, 0.1) is 0 Å². The molecule has 0 aliphatic rings. The minimum Gasteiger partial charge on any atom is -0.495 e. The Hall–Kier alpha value is -1.44. The molecule has 1 rings (SSSR count). The predicted molar refractivity (Wildman–Crippen MR) is 56.5 cm³/mol. The Kier molecular flexibility index (Phi) is 3.38. The minimum absolute atomic E-state index is 0.820. The van der Waals surface area contributed by atoms with Crippen LogP contribution in [0.25, 0.3) is 0 Å². The molecule has 0 aliphatic heterocycles. The molecule has 2 nitrogen and oxygen atoms in total. The van der Waals surface area contributed by atoms with E-state index in [0.29, 0.717) is 0 Å². The highest BCUT2D eigenvalue weighted by Crippen LogP contribution is 2.26. The van der Waals surface area contributed by atoms with Crippen molar-refractivity contribution in [1.29, 1.82) is 0 Å². The molecule has 0 fully saturated rings. The topological polar surface area (TPSA) is 12.5 Å². The Bertz CT molecular complexity index is 283. The molecular formula is C11H15NO. The lowest BCUT2D eigenvalue weighted by molar-refractivity contribution is 0.415. The van der Waals surface area contributed by atoms with Crippen LogP contribution in [0.3, 0.4) is 0 Å². The van der Waals surface area contributed by atoms with Crippen molar-refractivity contribution in [2.75, 3.05) is 25.6 Å². The van der Waals surface area contributed by atoms with Gasteiger partial charge in [0.1, 0.15) is 5.75 Å². The van der Waals surface area contributed by atoms with Crippen molar-refractivity contribution in [3.63, 3.8) is 0 Å². The average Bonchev–Trinajstić information content (AvgIpc) is 2.18. The van der Waals surface area contributed by atoms with E-state index < -0.39 is 0 Å². The van der Waals surface area contributed by atoms with Gasteiger partial charge in [-0.3, -0.25) is 0 Å². The Morgan fingerprint density at radius 3 is 2.77 bits per heavy atom. The number of hydrogen-bond donors (Lipinski definition) is 0. The van der Waals surface area contributed by atoms with Gasteiger partial charge in [-0.05, 0) is 12.1 Å². The molecule has 1 aromatic carbocycles. The molecule has 0 saturated heterocycles. The van der Waals surface area contributed by atoms with E-state index >= 15 is 0 Å². The summed E-state index contributed by atoms with van der Waals surface area (Å²) in [7, 11) is 3.69. The van der Waals surface area contributed by atoms with Gasteiger partial charge in [-0.15, -0.1) is 6.58 Å². The van der Waals surface area contributed by atoms with Gasteiger partial charge in [0.15, 0.2) is 0 Å². The maximum atomic E-state index is 5.24. The molecule has 0 aromatic heterocycles. The van der Waals surface area contributed by atoms with E-state index in [1.807, 2.05) is 37.4 Å². The molecule has 1 aromatic rings. The van der Waals surface area contributed by atoms with Gasteiger partial charge < -0.3 is 9.64 Å². The maximum absolute atomic E-state index is 5.24. The summed E-state index contributed by atoms with van der Waals surface area (Å²) >= 11 is 0. The second kappa shape index (κ2) is 4.55. The second-order valence-corrected chi connectivity index (χ2v) is 2.84. The van der Waals surface area contributed by atoms with Crippen molar-refractivity contribution >= 4 is 5.69 Å². The van der Waals surface area contributed by atoms with E-state index in [1.165, 1.54) is 0 Å². The van der Waals surface area contributed by atoms with Crippen LogP contribution in [0.15, 0.2) is 36.9 Å². The van der Waals surface area contributed by atoms with E-state index in [2.05, 4.69) is 11.5 Å².